The van der Waals surface area contributed by atoms with Crippen LogP contribution in [0.1, 0.15) is 40.5 Å². The van der Waals surface area contributed by atoms with E-state index in [4.69, 9.17) is 0 Å². The van der Waals surface area contributed by atoms with Crippen molar-refractivity contribution in [2.45, 2.75) is 40.5 Å². The van der Waals surface area contributed by atoms with Crippen LogP contribution in [-0.2, 0) is 4.79 Å². The normalized spacial score (nSPS) is 11.9. The van der Waals surface area contributed by atoms with Crippen LogP contribution in [0.15, 0.2) is 0 Å². The number of carbonyl (C=O) groups is 1. The Bertz CT molecular complexity index is 122. The molecule has 1 fully saturated rings. The Kier molecular flexibility index (Phi) is 15.1. The van der Waals surface area contributed by atoms with Crippen LogP contribution in [0.25, 0.3) is 0 Å². The zero-order valence-corrected chi connectivity index (χ0v) is 11.0. The van der Waals surface area contributed by atoms with Crippen LogP contribution in [-0.4, -0.2) is 38.0 Å². The highest BCUT2D eigenvalue weighted by Gasteiger charge is 1.95. The van der Waals surface area contributed by atoms with Crippen LogP contribution in [0, 0.1) is 5.92 Å². The topological polar surface area (TPSA) is 42.2 Å². The molecule has 3 heteroatoms. The van der Waals surface area contributed by atoms with Gasteiger partial charge in [0.25, 0.3) is 0 Å². The first-order chi connectivity index (χ1) is 7.16. The molecule has 0 unspecified atom stereocenters. The summed E-state index contributed by atoms with van der Waals surface area (Å²) in [5.41, 5.74) is 0. The van der Waals surface area contributed by atoms with E-state index >= 15 is 0 Å². The van der Waals surface area contributed by atoms with Crippen LogP contribution in [0.3, 0.4) is 0 Å². The molecule has 0 saturated carbocycles. The van der Waals surface area contributed by atoms with Crippen LogP contribution >= 0.6 is 0 Å². The summed E-state index contributed by atoms with van der Waals surface area (Å²) in [7, 11) is 1.81. The first-order valence-corrected chi connectivity index (χ1v) is 6.03. The van der Waals surface area contributed by atoms with E-state index in [1.54, 1.807) is 4.90 Å². The molecule has 0 bridgehead atoms. The lowest BCUT2D eigenvalue weighted by Crippen LogP contribution is -2.17. The van der Waals surface area contributed by atoms with Gasteiger partial charge in [-0.2, -0.15) is 0 Å². The summed E-state index contributed by atoms with van der Waals surface area (Å²) in [5, 5.41) is 3.00. The van der Waals surface area contributed by atoms with Gasteiger partial charge in [-0.25, -0.2) is 0 Å². The molecule has 0 atom stereocenters. The first-order valence-electron chi connectivity index (χ1n) is 6.03. The Morgan fingerprint density at radius 3 is 2.07 bits per heavy atom. The molecular formula is C12H28N2O. The van der Waals surface area contributed by atoms with Crippen molar-refractivity contribution >= 4 is 6.41 Å². The Hall–Kier alpha value is -0.570. The van der Waals surface area contributed by atoms with Gasteiger partial charge < -0.3 is 10.2 Å². The predicted molar refractivity (Wildman–Crippen MR) is 67.0 cm³/mol. The van der Waals surface area contributed by atoms with E-state index in [0.29, 0.717) is 0 Å². The average molecular weight is 216 g/mol. The van der Waals surface area contributed by atoms with Crippen molar-refractivity contribution in [2.24, 2.45) is 5.92 Å². The molecule has 15 heavy (non-hydrogen) atoms. The first kappa shape index (κ1) is 16.8. The molecule has 1 N–H and O–H groups in total. The van der Waals surface area contributed by atoms with Gasteiger partial charge in [-0.1, -0.05) is 27.7 Å². The second kappa shape index (κ2) is 13.4. The van der Waals surface area contributed by atoms with Gasteiger partial charge >= 0.3 is 0 Å². The number of amides is 1. The zero-order chi connectivity index (χ0) is 12.1. The molecule has 0 aliphatic carbocycles. The summed E-state index contributed by atoms with van der Waals surface area (Å²) < 4.78 is 0. The smallest absolute Gasteiger partial charge is 0.209 e. The van der Waals surface area contributed by atoms with E-state index in [0.717, 1.165) is 25.3 Å². The average Bonchev–Trinajstić information content (AvgIpc) is 3.07. The molecule has 1 aliphatic heterocycles. The Morgan fingerprint density at radius 2 is 1.80 bits per heavy atom. The molecule has 0 spiro atoms. The molecule has 1 rings (SSSR count). The second-order valence-corrected chi connectivity index (χ2v) is 3.87. The highest BCUT2D eigenvalue weighted by atomic mass is 16.1. The van der Waals surface area contributed by atoms with E-state index in [2.05, 4.69) is 19.2 Å². The van der Waals surface area contributed by atoms with Crippen LogP contribution in [0.5, 0.6) is 0 Å². The molecule has 1 amide bonds. The van der Waals surface area contributed by atoms with Crippen molar-refractivity contribution in [1.82, 2.24) is 10.2 Å². The van der Waals surface area contributed by atoms with Crippen molar-refractivity contribution in [3.8, 4) is 0 Å². The zero-order valence-electron chi connectivity index (χ0n) is 11.0. The number of hydrogen-bond acceptors (Lipinski definition) is 2. The summed E-state index contributed by atoms with van der Waals surface area (Å²) in [5.74, 6) is 0.750. The number of carbonyl (C=O) groups excluding carboxylic acids is 1. The van der Waals surface area contributed by atoms with E-state index in [1.807, 2.05) is 20.9 Å². The van der Waals surface area contributed by atoms with Crippen molar-refractivity contribution in [2.75, 3.05) is 26.7 Å². The highest BCUT2D eigenvalue weighted by molar-refractivity contribution is 5.46. The van der Waals surface area contributed by atoms with E-state index in [1.165, 1.54) is 19.5 Å². The molecule has 1 heterocycles. The molecule has 0 aromatic rings. The maximum atomic E-state index is 10.1. The summed E-state index contributed by atoms with van der Waals surface area (Å²) in [6.45, 7) is 11.8. The minimum absolute atomic E-state index is 0.750. The van der Waals surface area contributed by atoms with E-state index in [9.17, 15) is 4.79 Å². The molecule has 3 nitrogen and oxygen atoms in total. The lowest BCUT2D eigenvalue weighted by Gasteiger charge is -2.10. The van der Waals surface area contributed by atoms with Crippen molar-refractivity contribution in [1.29, 1.82) is 0 Å². The summed E-state index contributed by atoms with van der Waals surface area (Å²) in [6.07, 6.45) is 3.20. The lowest BCUT2D eigenvalue weighted by atomic mass is 10.1. The predicted octanol–water partition coefficient (Wildman–Crippen LogP) is 2.13. The number of rotatable bonds is 5. The van der Waals surface area contributed by atoms with Crippen LogP contribution < -0.4 is 5.32 Å². The SMILES string of the molecule is C1CN1.CC.CC(C)CCCN(C)C=O. The van der Waals surface area contributed by atoms with Crippen molar-refractivity contribution in [3.05, 3.63) is 0 Å². The summed E-state index contributed by atoms with van der Waals surface area (Å²) in [4.78, 5) is 11.8. The third-order valence-corrected chi connectivity index (χ3v) is 1.72. The van der Waals surface area contributed by atoms with Gasteiger partial charge in [0.15, 0.2) is 0 Å². The number of nitrogens with zero attached hydrogens (tertiary/aromatic N) is 1. The van der Waals surface area contributed by atoms with Crippen molar-refractivity contribution in [3.63, 3.8) is 0 Å². The largest absolute Gasteiger partial charge is 0.348 e. The second-order valence-electron chi connectivity index (χ2n) is 3.87. The quantitative estimate of drug-likeness (QED) is 0.565. The van der Waals surface area contributed by atoms with Gasteiger partial charge in [-0.15, -0.1) is 0 Å². The van der Waals surface area contributed by atoms with Gasteiger partial charge in [-0.05, 0) is 18.8 Å². The molecule has 0 radical (unpaired) electrons. The fourth-order valence-corrected chi connectivity index (χ4v) is 0.802. The minimum Gasteiger partial charge on any atom is -0.348 e. The Morgan fingerprint density at radius 1 is 1.33 bits per heavy atom. The number of nitrogens with one attached hydrogen (secondary N) is 1. The standard InChI is InChI=1S/C8H17NO.C2H5N.C2H6/c1-8(2)5-4-6-9(3)7-10;1-2-3-1;1-2/h7-8H,4-6H2,1-3H3;3H,1-2H2;1-2H3. The Balaban J connectivity index is 0. The molecule has 0 aromatic heterocycles. The van der Waals surface area contributed by atoms with Crippen LogP contribution in [0.2, 0.25) is 0 Å². The van der Waals surface area contributed by atoms with Gasteiger partial charge in [-0.3, -0.25) is 4.79 Å². The molecule has 0 aromatic carbocycles. The molecule has 92 valence electrons. The summed E-state index contributed by atoms with van der Waals surface area (Å²) in [6, 6.07) is 0. The Labute approximate surface area is 95.2 Å². The molecule has 1 aliphatic rings. The van der Waals surface area contributed by atoms with E-state index in [-0.39, 0.29) is 0 Å². The fraction of sp³-hybridized carbons (Fsp3) is 0.917. The highest BCUT2D eigenvalue weighted by Crippen LogP contribution is 2.02. The van der Waals surface area contributed by atoms with Crippen LogP contribution in [0.4, 0.5) is 0 Å². The maximum absolute atomic E-state index is 10.1. The van der Waals surface area contributed by atoms with Gasteiger partial charge in [0.1, 0.15) is 0 Å². The monoisotopic (exact) mass is 216 g/mol. The third-order valence-electron chi connectivity index (χ3n) is 1.72. The third kappa shape index (κ3) is 24.7. The molecule has 1 saturated heterocycles. The maximum Gasteiger partial charge on any atom is 0.209 e. The van der Waals surface area contributed by atoms with Crippen molar-refractivity contribution < 1.29 is 4.79 Å². The lowest BCUT2D eigenvalue weighted by molar-refractivity contribution is -0.117. The molecular weight excluding hydrogens is 188 g/mol. The number of hydrogen-bond donors (Lipinski definition) is 1. The van der Waals surface area contributed by atoms with Gasteiger partial charge in [0.2, 0.25) is 6.41 Å². The fourth-order valence-electron chi connectivity index (χ4n) is 0.802. The van der Waals surface area contributed by atoms with Gasteiger partial charge in [0, 0.05) is 26.7 Å². The minimum atomic E-state index is 0.750. The summed E-state index contributed by atoms with van der Waals surface area (Å²) >= 11 is 0. The van der Waals surface area contributed by atoms with E-state index < -0.39 is 0 Å². The van der Waals surface area contributed by atoms with Gasteiger partial charge in [0.05, 0.1) is 0 Å².